The van der Waals surface area contributed by atoms with Crippen molar-refractivity contribution in [2.75, 3.05) is 0 Å². The summed E-state index contributed by atoms with van der Waals surface area (Å²) in [6, 6.07) is 15.4. The van der Waals surface area contributed by atoms with Crippen LogP contribution in [-0.4, -0.2) is 26.7 Å². The predicted molar refractivity (Wildman–Crippen MR) is 117 cm³/mol. The number of carbonyl (C=O) groups excluding carboxylic acids is 1. The van der Waals surface area contributed by atoms with Crippen molar-refractivity contribution in [3.05, 3.63) is 64.1 Å². The van der Waals surface area contributed by atoms with Crippen molar-refractivity contribution in [2.24, 2.45) is 0 Å². The molecule has 1 aliphatic carbocycles. The summed E-state index contributed by atoms with van der Waals surface area (Å²) in [5.41, 5.74) is 1.70. The summed E-state index contributed by atoms with van der Waals surface area (Å²) >= 11 is 13.8. The highest BCUT2D eigenvalue weighted by atomic mass is 35.5. The molecular formula is C21H20Cl2N4OS. The quantitative estimate of drug-likeness (QED) is 0.494. The molecule has 1 aliphatic rings. The molecule has 1 heterocycles. The number of halogens is 2. The zero-order chi connectivity index (χ0) is 20.4. The third kappa shape index (κ3) is 4.60. The molecule has 2 aromatic carbocycles. The van der Waals surface area contributed by atoms with Gasteiger partial charge in [0.1, 0.15) is 5.25 Å². The van der Waals surface area contributed by atoms with Crippen LogP contribution >= 0.6 is 35.0 Å². The van der Waals surface area contributed by atoms with E-state index < -0.39 is 5.25 Å². The summed E-state index contributed by atoms with van der Waals surface area (Å²) < 4.78 is 1.97. The number of amides is 1. The monoisotopic (exact) mass is 446 g/mol. The number of thioether (sulfide) groups is 1. The van der Waals surface area contributed by atoms with E-state index >= 15 is 0 Å². The van der Waals surface area contributed by atoms with Crippen LogP contribution in [-0.2, 0) is 11.3 Å². The van der Waals surface area contributed by atoms with Crippen LogP contribution in [0.4, 0.5) is 0 Å². The molecule has 29 heavy (non-hydrogen) atoms. The van der Waals surface area contributed by atoms with Gasteiger partial charge in [-0.1, -0.05) is 65.3 Å². The average Bonchev–Trinajstić information content (AvgIpc) is 3.44. The fraction of sp³-hybridized carbons (Fsp3) is 0.286. The van der Waals surface area contributed by atoms with E-state index in [0.29, 0.717) is 33.6 Å². The van der Waals surface area contributed by atoms with Crippen LogP contribution in [0.3, 0.4) is 0 Å². The molecule has 1 fully saturated rings. The SMILES string of the molecule is CCn1c(SC(C(=O)NC2CC2)c2ccccc2)nnc1-c1ccc(Cl)cc1Cl. The first-order valence-electron chi connectivity index (χ1n) is 9.47. The molecule has 1 amide bonds. The lowest BCUT2D eigenvalue weighted by atomic mass is 10.1. The van der Waals surface area contributed by atoms with E-state index in [1.54, 1.807) is 12.1 Å². The Kier molecular flexibility index (Phi) is 6.13. The van der Waals surface area contributed by atoms with Gasteiger partial charge in [-0.2, -0.15) is 0 Å². The van der Waals surface area contributed by atoms with Crippen molar-refractivity contribution >= 4 is 40.9 Å². The molecule has 8 heteroatoms. The van der Waals surface area contributed by atoms with Gasteiger partial charge in [0.05, 0.1) is 5.02 Å². The highest BCUT2D eigenvalue weighted by Crippen LogP contribution is 2.38. The zero-order valence-electron chi connectivity index (χ0n) is 15.8. The maximum absolute atomic E-state index is 12.9. The first kappa shape index (κ1) is 20.3. The van der Waals surface area contributed by atoms with Crippen LogP contribution in [0.5, 0.6) is 0 Å². The molecule has 150 valence electrons. The normalized spacial score (nSPS) is 14.6. The number of nitrogens with zero attached hydrogens (tertiary/aromatic N) is 3. The number of nitrogens with one attached hydrogen (secondary N) is 1. The van der Waals surface area contributed by atoms with Gasteiger partial charge < -0.3 is 9.88 Å². The third-order valence-corrected chi connectivity index (χ3v) is 6.48. The fourth-order valence-electron chi connectivity index (χ4n) is 3.04. The van der Waals surface area contributed by atoms with Crippen molar-refractivity contribution in [1.82, 2.24) is 20.1 Å². The van der Waals surface area contributed by atoms with Crippen LogP contribution in [0.1, 0.15) is 30.6 Å². The number of aromatic nitrogens is 3. The van der Waals surface area contributed by atoms with E-state index in [1.165, 1.54) is 11.8 Å². The highest BCUT2D eigenvalue weighted by Gasteiger charge is 2.30. The van der Waals surface area contributed by atoms with Gasteiger partial charge in [-0.15, -0.1) is 10.2 Å². The second-order valence-electron chi connectivity index (χ2n) is 6.87. The smallest absolute Gasteiger partial charge is 0.238 e. The van der Waals surface area contributed by atoms with Gasteiger partial charge in [0.2, 0.25) is 5.91 Å². The lowest BCUT2D eigenvalue weighted by Crippen LogP contribution is -2.30. The van der Waals surface area contributed by atoms with Gasteiger partial charge in [-0.05, 0) is 43.5 Å². The Morgan fingerprint density at radius 1 is 1.21 bits per heavy atom. The molecule has 1 unspecified atom stereocenters. The Labute approximate surface area is 183 Å². The maximum Gasteiger partial charge on any atom is 0.238 e. The molecule has 1 N–H and O–H groups in total. The van der Waals surface area contributed by atoms with E-state index in [-0.39, 0.29) is 5.91 Å². The van der Waals surface area contributed by atoms with E-state index in [1.807, 2.05) is 47.9 Å². The molecule has 1 aromatic heterocycles. The largest absolute Gasteiger partial charge is 0.352 e. The van der Waals surface area contributed by atoms with Gasteiger partial charge in [0, 0.05) is 23.2 Å². The summed E-state index contributed by atoms with van der Waals surface area (Å²) in [5.74, 6) is 0.659. The molecule has 4 rings (SSSR count). The minimum atomic E-state index is -0.403. The number of carbonyl (C=O) groups is 1. The van der Waals surface area contributed by atoms with Crippen molar-refractivity contribution in [2.45, 2.75) is 42.8 Å². The number of hydrogen-bond donors (Lipinski definition) is 1. The molecule has 3 aromatic rings. The zero-order valence-corrected chi connectivity index (χ0v) is 18.1. The van der Waals surface area contributed by atoms with Crippen molar-refractivity contribution in [1.29, 1.82) is 0 Å². The van der Waals surface area contributed by atoms with Gasteiger partial charge in [-0.3, -0.25) is 4.79 Å². The topological polar surface area (TPSA) is 59.8 Å². The highest BCUT2D eigenvalue weighted by molar-refractivity contribution is 8.00. The van der Waals surface area contributed by atoms with E-state index in [9.17, 15) is 4.79 Å². The van der Waals surface area contributed by atoms with Crippen LogP contribution in [0.2, 0.25) is 10.0 Å². The van der Waals surface area contributed by atoms with Crippen molar-refractivity contribution in [3.8, 4) is 11.4 Å². The summed E-state index contributed by atoms with van der Waals surface area (Å²) in [6.45, 7) is 2.66. The summed E-state index contributed by atoms with van der Waals surface area (Å²) in [6.07, 6.45) is 2.09. The van der Waals surface area contributed by atoms with Crippen molar-refractivity contribution < 1.29 is 4.79 Å². The van der Waals surface area contributed by atoms with Crippen LogP contribution < -0.4 is 5.32 Å². The molecular weight excluding hydrogens is 427 g/mol. The Morgan fingerprint density at radius 3 is 2.62 bits per heavy atom. The summed E-state index contributed by atoms with van der Waals surface area (Å²) in [7, 11) is 0. The Bertz CT molecular complexity index is 1020. The number of hydrogen-bond acceptors (Lipinski definition) is 4. The minimum absolute atomic E-state index is 0.000397. The van der Waals surface area contributed by atoms with Gasteiger partial charge in [0.25, 0.3) is 0 Å². The van der Waals surface area contributed by atoms with Crippen LogP contribution in [0, 0.1) is 0 Å². The Morgan fingerprint density at radius 2 is 1.97 bits per heavy atom. The van der Waals surface area contributed by atoms with Crippen LogP contribution in [0.15, 0.2) is 53.7 Å². The standard InChI is InChI=1S/C21H20Cl2N4OS/c1-2-27-19(16-11-8-14(22)12-17(16)23)25-26-21(27)29-18(13-6-4-3-5-7-13)20(28)24-15-9-10-15/h3-8,11-12,15,18H,2,9-10H2,1H3,(H,24,28). The Hall–Kier alpha value is -2.02. The van der Waals surface area contributed by atoms with Crippen molar-refractivity contribution in [3.63, 3.8) is 0 Å². The van der Waals surface area contributed by atoms with Gasteiger partial charge in [-0.25, -0.2) is 0 Å². The Balaban J connectivity index is 1.67. The van der Waals surface area contributed by atoms with Gasteiger partial charge >= 0.3 is 0 Å². The fourth-order valence-corrected chi connectivity index (χ4v) is 4.64. The predicted octanol–water partition coefficient (Wildman–Crippen LogP) is 5.38. The summed E-state index contributed by atoms with van der Waals surface area (Å²) in [4.78, 5) is 12.9. The third-order valence-electron chi connectivity index (χ3n) is 4.69. The van der Waals surface area contributed by atoms with E-state index in [0.717, 1.165) is 24.0 Å². The first-order chi connectivity index (χ1) is 14.1. The van der Waals surface area contributed by atoms with Gasteiger partial charge in [0.15, 0.2) is 11.0 Å². The molecule has 0 spiro atoms. The summed E-state index contributed by atoms with van der Waals surface area (Å²) in [5, 5.41) is 13.2. The maximum atomic E-state index is 12.9. The first-order valence-corrected chi connectivity index (χ1v) is 11.1. The minimum Gasteiger partial charge on any atom is -0.352 e. The van der Waals surface area contributed by atoms with E-state index in [2.05, 4.69) is 15.5 Å². The molecule has 0 aliphatic heterocycles. The number of benzene rings is 2. The average molecular weight is 447 g/mol. The molecule has 0 radical (unpaired) electrons. The van der Waals surface area contributed by atoms with E-state index in [4.69, 9.17) is 23.2 Å². The second-order valence-corrected chi connectivity index (χ2v) is 8.78. The number of rotatable bonds is 7. The second kappa shape index (κ2) is 8.78. The lowest BCUT2D eigenvalue weighted by Gasteiger charge is -2.17. The molecule has 0 saturated heterocycles. The molecule has 1 atom stereocenters. The lowest BCUT2D eigenvalue weighted by molar-refractivity contribution is -0.120. The molecule has 1 saturated carbocycles. The molecule has 0 bridgehead atoms. The molecule has 5 nitrogen and oxygen atoms in total. The van der Waals surface area contributed by atoms with Crippen LogP contribution in [0.25, 0.3) is 11.4 Å².